The summed E-state index contributed by atoms with van der Waals surface area (Å²) in [6, 6.07) is 3.04. The first kappa shape index (κ1) is 8.80. The van der Waals surface area contributed by atoms with E-state index in [1.807, 2.05) is 5.38 Å². The van der Waals surface area contributed by atoms with Gasteiger partial charge in [0.05, 0.1) is 0 Å². The van der Waals surface area contributed by atoms with E-state index in [0.717, 1.165) is 6.42 Å². The van der Waals surface area contributed by atoms with Crippen LogP contribution >= 0.6 is 11.3 Å². The molecule has 0 saturated heterocycles. The summed E-state index contributed by atoms with van der Waals surface area (Å²) in [5, 5.41) is 4.01. The molecule has 1 rings (SSSR count). The van der Waals surface area contributed by atoms with E-state index in [1.165, 1.54) is 5.56 Å². The first-order chi connectivity index (χ1) is 3.43. The minimum absolute atomic E-state index is 0. The molecule has 0 spiro atoms. The summed E-state index contributed by atoms with van der Waals surface area (Å²) in [4.78, 5) is 0. The fraction of sp³-hybridized carbons (Fsp3) is 0.167. The predicted octanol–water partition coefficient (Wildman–Crippen LogP) is 1.92. The maximum absolute atomic E-state index is 3.70. The number of hydrogen-bond acceptors (Lipinski definition) is 1. The Labute approximate surface area is 79.2 Å². The summed E-state index contributed by atoms with van der Waals surface area (Å²) in [5.74, 6) is 0. The third-order valence-corrected chi connectivity index (χ3v) is 1.47. The van der Waals surface area contributed by atoms with Crippen molar-refractivity contribution in [3.05, 3.63) is 29.3 Å². The van der Waals surface area contributed by atoms with Crippen molar-refractivity contribution < 1.29 is 32.7 Å². The Kier molecular flexibility index (Phi) is 5.13. The van der Waals surface area contributed by atoms with E-state index in [9.17, 15) is 0 Å². The molecule has 0 amide bonds. The van der Waals surface area contributed by atoms with Gasteiger partial charge in [-0.2, -0.15) is 11.8 Å². The van der Waals surface area contributed by atoms with Gasteiger partial charge in [-0.15, -0.1) is 5.38 Å². The third-order valence-electron chi connectivity index (χ3n) is 0.792. The van der Waals surface area contributed by atoms with Crippen LogP contribution in [0.3, 0.4) is 0 Å². The summed E-state index contributed by atoms with van der Waals surface area (Å²) < 4.78 is 0. The average Bonchev–Trinajstić information content (AvgIpc) is 2.14. The van der Waals surface area contributed by atoms with E-state index >= 15 is 0 Å². The zero-order valence-corrected chi connectivity index (χ0v) is 8.21. The van der Waals surface area contributed by atoms with Crippen LogP contribution < -0.4 is 0 Å². The van der Waals surface area contributed by atoms with Gasteiger partial charge < -0.3 is 6.92 Å². The molecular formula is C6H6SY-2. The molecule has 0 bridgehead atoms. The Bertz CT molecular complexity index is 123. The van der Waals surface area contributed by atoms with Gasteiger partial charge in [-0.1, -0.05) is 0 Å². The van der Waals surface area contributed by atoms with Gasteiger partial charge in [-0.25, -0.2) is 11.6 Å². The molecule has 0 aliphatic carbocycles. The molecule has 0 unspecified atom stereocenters. The van der Waals surface area contributed by atoms with Crippen LogP contribution in [0.1, 0.15) is 5.56 Å². The smallest absolute Gasteiger partial charge is 0 e. The summed E-state index contributed by atoms with van der Waals surface area (Å²) in [5.41, 5.74) is 1.21. The Morgan fingerprint density at radius 2 is 2.50 bits per heavy atom. The van der Waals surface area contributed by atoms with Gasteiger partial charge in [0.1, 0.15) is 0 Å². The van der Waals surface area contributed by atoms with Gasteiger partial charge in [-0.3, -0.25) is 11.3 Å². The van der Waals surface area contributed by atoms with Crippen LogP contribution in [0.4, 0.5) is 0 Å². The predicted molar refractivity (Wildman–Crippen MR) is 32.2 cm³/mol. The largest absolute Gasteiger partial charge is 0.342 e. The SMILES string of the molecule is [CH2-]Cc1[c-]csc1.[Y]. The van der Waals surface area contributed by atoms with Crippen molar-refractivity contribution in [1.82, 2.24) is 0 Å². The maximum Gasteiger partial charge on any atom is 0 e. The minimum atomic E-state index is 0. The van der Waals surface area contributed by atoms with Crippen LogP contribution in [0.25, 0.3) is 0 Å². The van der Waals surface area contributed by atoms with Gasteiger partial charge in [0.15, 0.2) is 0 Å². The monoisotopic (exact) mass is 199 g/mol. The minimum Gasteiger partial charge on any atom is -0.342 e. The molecule has 41 valence electrons. The Morgan fingerprint density at radius 3 is 2.75 bits per heavy atom. The fourth-order valence-corrected chi connectivity index (χ4v) is 1.03. The van der Waals surface area contributed by atoms with Crippen molar-refractivity contribution in [2.45, 2.75) is 6.42 Å². The summed E-state index contributed by atoms with van der Waals surface area (Å²) in [6.45, 7) is 3.70. The molecule has 0 aliphatic heterocycles. The third kappa shape index (κ3) is 2.38. The van der Waals surface area contributed by atoms with Crippen LogP contribution in [0.5, 0.6) is 0 Å². The van der Waals surface area contributed by atoms with Crippen molar-refractivity contribution in [3.63, 3.8) is 0 Å². The van der Waals surface area contributed by atoms with E-state index in [0.29, 0.717) is 0 Å². The van der Waals surface area contributed by atoms with Crippen LogP contribution in [-0.2, 0) is 39.1 Å². The quantitative estimate of drug-likeness (QED) is 0.606. The van der Waals surface area contributed by atoms with Gasteiger partial charge in [0.2, 0.25) is 0 Å². The second-order valence-electron chi connectivity index (χ2n) is 1.29. The molecular weight excluding hydrogens is 193 g/mol. The average molecular weight is 199 g/mol. The summed E-state index contributed by atoms with van der Waals surface area (Å²) in [6.07, 6.45) is 0.865. The second-order valence-corrected chi connectivity index (χ2v) is 2.03. The van der Waals surface area contributed by atoms with Crippen molar-refractivity contribution >= 4 is 11.3 Å². The normalized spacial score (nSPS) is 8.12. The van der Waals surface area contributed by atoms with E-state index < -0.39 is 0 Å². The van der Waals surface area contributed by atoms with Crippen LogP contribution in [0.15, 0.2) is 10.8 Å². The van der Waals surface area contributed by atoms with Gasteiger partial charge >= 0.3 is 0 Å². The molecule has 0 atom stereocenters. The molecule has 0 N–H and O–H groups in total. The summed E-state index contributed by atoms with van der Waals surface area (Å²) in [7, 11) is 0. The topological polar surface area (TPSA) is 0 Å². The van der Waals surface area contributed by atoms with Crippen molar-refractivity contribution in [3.8, 4) is 0 Å². The molecule has 0 aromatic carbocycles. The zero-order valence-electron chi connectivity index (χ0n) is 4.55. The first-order valence-electron chi connectivity index (χ1n) is 2.15. The molecule has 1 radical (unpaired) electrons. The Morgan fingerprint density at radius 1 is 1.75 bits per heavy atom. The number of rotatable bonds is 1. The van der Waals surface area contributed by atoms with Crippen LogP contribution in [0, 0.1) is 13.0 Å². The zero-order chi connectivity index (χ0) is 5.11. The van der Waals surface area contributed by atoms with Crippen molar-refractivity contribution in [1.29, 1.82) is 0 Å². The van der Waals surface area contributed by atoms with Gasteiger partial charge in [-0.05, 0) is 0 Å². The van der Waals surface area contributed by atoms with E-state index in [1.54, 1.807) is 11.3 Å². The van der Waals surface area contributed by atoms with Gasteiger partial charge in [0, 0.05) is 32.7 Å². The standard InChI is InChI=1S/C6H6S.Y/c1-2-6-3-4-7-5-6;/h4-5H,1-2H2;/q-2;. The Hall–Kier alpha value is 0.804. The first-order valence-corrected chi connectivity index (χ1v) is 3.10. The van der Waals surface area contributed by atoms with Crippen molar-refractivity contribution in [2.75, 3.05) is 0 Å². The Balaban J connectivity index is 0.000000490. The molecule has 1 aromatic heterocycles. The molecule has 0 saturated carbocycles. The number of thiophene rings is 1. The summed E-state index contributed by atoms with van der Waals surface area (Å²) >= 11 is 1.67. The van der Waals surface area contributed by atoms with E-state index in [-0.39, 0.29) is 32.7 Å². The molecule has 8 heavy (non-hydrogen) atoms. The van der Waals surface area contributed by atoms with E-state index in [4.69, 9.17) is 0 Å². The number of hydrogen-bond donors (Lipinski definition) is 0. The van der Waals surface area contributed by atoms with Crippen molar-refractivity contribution in [2.24, 2.45) is 0 Å². The molecule has 1 aromatic rings. The molecule has 0 aliphatic rings. The second kappa shape index (κ2) is 4.66. The molecule has 0 fully saturated rings. The maximum atomic E-state index is 3.70. The fourth-order valence-electron chi connectivity index (χ4n) is 0.391. The van der Waals surface area contributed by atoms with Crippen LogP contribution in [0.2, 0.25) is 0 Å². The molecule has 1 heterocycles. The van der Waals surface area contributed by atoms with Crippen LogP contribution in [-0.4, -0.2) is 0 Å². The van der Waals surface area contributed by atoms with Gasteiger partial charge in [0.25, 0.3) is 0 Å². The molecule has 2 heteroatoms. The molecule has 0 nitrogen and oxygen atoms in total. The van der Waals surface area contributed by atoms with E-state index in [2.05, 4.69) is 18.4 Å².